The summed E-state index contributed by atoms with van der Waals surface area (Å²) in [5.74, 6) is 0.281. The van der Waals surface area contributed by atoms with Crippen molar-refractivity contribution in [3.63, 3.8) is 0 Å². The van der Waals surface area contributed by atoms with Crippen LogP contribution in [0.1, 0.15) is 16.8 Å². The van der Waals surface area contributed by atoms with Gasteiger partial charge in [-0.25, -0.2) is 0 Å². The first-order valence-electron chi connectivity index (χ1n) is 4.76. The molecule has 2 rings (SSSR count). The lowest BCUT2D eigenvalue weighted by Crippen LogP contribution is -1.91. The Morgan fingerprint density at radius 3 is 2.53 bits per heavy atom. The fraction of sp³-hybridized carbons (Fsp3) is 0.250. The summed E-state index contributed by atoms with van der Waals surface area (Å²) < 4.78 is 0. The van der Waals surface area contributed by atoms with Crippen LogP contribution < -0.4 is 0 Å². The molecule has 0 aliphatic heterocycles. The van der Waals surface area contributed by atoms with E-state index in [9.17, 15) is 5.11 Å². The Labute approximate surface area is 93.5 Å². The van der Waals surface area contributed by atoms with Gasteiger partial charge in [-0.3, -0.25) is 4.98 Å². The van der Waals surface area contributed by atoms with Crippen molar-refractivity contribution in [1.29, 1.82) is 0 Å². The molecule has 1 N–H and O–H groups in total. The van der Waals surface area contributed by atoms with Crippen LogP contribution >= 0.6 is 11.6 Å². The maximum atomic E-state index is 9.99. The molecule has 0 atom stereocenters. The van der Waals surface area contributed by atoms with Crippen LogP contribution in [0.25, 0.3) is 10.9 Å². The molecule has 0 aliphatic carbocycles. The maximum absolute atomic E-state index is 9.99. The molecule has 1 aromatic heterocycles. The molecule has 2 nitrogen and oxygen atoms in total. The number of halogens is 1. The number of rotatable bonds is 0. The molecule has 78 valence electrons. The van der Waals surface area contributed by atoms with Crippen LogP contribution in [0.15, 0.2) is 12.1 Å². The Morgan fingerprint density at radius 1 is 1.20 bits per heavy atom. The summed E-state index contributed by atoms with van der Waals surface area (Å²) in [5.41, 5.74) is 3.31. The van der Waals surface area contributed by atoms with Crippen molar-refractivity contribution in [2.24, 2.45) is 0 Å². The van der Waals surface area contributed by atoms with Crippen molar-refractivity contribution >= 4 is 22.5 Å². The van der Waals surface area contributed by atoms with Crippen LogP contribution in [0.4, 0.5) is 0 Å². The molecule has 0 aliphatic rings. The van der Waals surface area contributed by atoms with E-state index < -0.39 is 0 Å². The number of benzene rings is 1. The quantitative estimate of drug-likeness (QED) is 0.739. The molecule has 0 spiro atoms. The van der Waals surface area contributed by atoms with Crippen molar-refractivity contribution in [2.45, 2.75) is 20.8 Å². The lowest BCUT2D eigenvalue weighted by atomic mass is 10.1. The fourth-order valence-electron chi connectivity index (χ4n) is 1.65. The summed E-state index contributed by atoms with van der Waals surface area (Å²) in [6, 6.07) is 3.75. The van der Waals surface area contributed by atoms with Gasteiger partial charge in [0.05, 0.1) is 10.5 Å². The van der Waals surface area contributed by atoms with Gasteiger partial charge in [-0.05, 0) is 38.5 Å². The summed E-state index contributed by atoms with van der Waals surface area (Å²) in [7, 11) is 0. The van der Waals surface area contributed by atoms with Gasteiger partial charge in [0, 0.05) is 16.6 Å². The van der Waals surface area contributed by atoms with Crippen molar-refractivity contribution in [1.82, 2.24) is 4.98 Å². The van der Waals surface area contributed by atoms with Crippen LogP contribution in [-0.2, 0) is 0 Å². The maximum Gasteiger partial charge on any atom is 0.129 e. The molecule has 0 unspecified atom stereocenters. The van der Waals surface area contributed by atoms with Crippen LogP contribution in [0.5, 0.6) is 5.75 Å². The van der Waals surface area contributed by atoms with Crippen LogP contribution in [0, 0.1) is 20.8 Å². The molecule has 0 saturated carbocycles. The molecule has 0 radical (unpaired) electrons. The van der Waals surface area contributed by atoms with E-state index in [0.717, 1.165) is 22.2 Å². The average molecular weight is 222 g/mol. The number of hydrogen-bond donors (Lipinski definition) is 1. The first kappa shape index (κ1) is 10.2. The summed E-state index contributed by atoms with van der Waals surface area (Å²) in [5, 5.41) is 11.3. The van der Waals surface area contributed by atoms with E-state index >= 15 is 0 Å². The molecular weight excluding hydrogens is 210 g/mol. The average Bonchev–Trinajstić information content (AvgIpc) is 2.17. The monoisotopic (exact) mass is 221 g/mol. The number of fused-ring (bicyclic) bond motifs is 1. The molecule has 0 amide bonds. The van der Waals surface area contributed by atoms with Gasteiger partial charge in [-0.2, -0.15) is 0 Å². The van der Waals surface area contributed by atoms with E-state index in [1.54, 1.807) is 0 Å². The minimum absolute atomic E-state index is 0.281. The third-order valence-corrected chi connectivity index (χ3v) is 2.93. The van der Waals surface area contributed by atoms with E-state index in [2.05, 4.69) is 4.98 Å². The predicted molar refractivity (Wildman–Crippen MR) is 62.6 cm³/mol. The minimum atomic E-state index is 0.281. The number of pyridine rings is 1. The van der Waals surface area contributed by atoms with E-state index in [1.165, 1.54) is 0 Å². The molecule has 0 bridgehead atoms. The third kappa shape index (κ3) is 1.55. The highest BCUT2D eigenvalue weighted by Gasteiger charge is 2.10. The highest BCUT2D eigenvalue weighted by atomic mass is 35.5. The van der Waals surface area contributed by atoms with Crippen LogP contribution in [0.3, 0.4) is 0 Å². The zero-order valence-electron chi connectivity index (χ0n) is 8.93. The Balaban J connectivity index is 2.98. The first-order valence-corrected chi connectivity index (χ1v) is 5.14. The van der Waals surface area contributed by atoms with Crippen LogP contribution in [-0.4, -0.2) is 10.1 Å². The van der Waals surface area contributed by atoms with Gasteiger partial charge in [0.2, 0.25) is 0 Å². The van der Waals surface area contributed by atoms with Gasteiger partial charge in [-0.15, -0.1) is 0 Å². The standard InChI is InChI=1S/C12H12ClNO/c1-6-4-9-11(10(13)5-6)14-8(3)7(2)12(9)15/h4-5H,1-3H3,(H,14,15). The van der Waals surface area contributed by atoms with Gasteiger partial charge < -0.3 is 5.11 Å². The molecule has 15 heavy (non-hydrogen) atoms. The molecule has 0 saturated heterocycles. The molecule has 2 aromatic rings. The predicted octanol–water partition coefficient (Wildman–Crippen LogP) is 3.52. The Hall–Kier alpha value is -1.28. The van der Waals surface area contributed by atoms with Gasteiger partial charge >= 0.3 is 0 Å². The molecule has 1 aromatic carbocycles. The lowest BCUT2D eigenvalue weighted by molar-refractivity contribution is 0.476. The Bertz CT molecular complexity index is 549. The minimum Gasteiger partial charge on any atom is -0.507 e. The second-order valence-corrected chi connectivity index (χ2v) is 4.22. The van der Waals surface area contributed by atoms with Gasteiger partial charge in [0.1, 0.15) is 5.75 Å². The summed E-state index contributed by atoms with van der Waals surface area (Å²) in [4.78, 5) is 4.38. The SMILES string of the molecule is Cc1cc(Cl)c2nc(C)c(C)c(O)c2c1. The summed E-state index contributed by atoms with van der Waals surface area (Å²) in [6.07, 6.45) is 0. The normalized spacial score (nSPS) is 10.9. The number of hydrogen-bond acceptors (Lipinski definition) is 2. The Morgan fingerprint density at radius 2 is 1.87 bits per heavy atom. The highest BCUT2D eigenvalue weighted by Crippen LogP contribution is 2.33. The lowest BCUT2D eigenvalue weighted by Gasteiger charge is -2.09. The zero-order valence-corrected chi connectivity index (χ0v) is 9.68. The smallest absolute Gasteiger partial charge is 0.129 e. The molecular formula is C12H12ClNO. The molecule has 1 heterocycles. The topological polar surface area (TPSA) is 33.1 Å². The molecule has 0 fully saturated rings. The van der Waals surface area contributed by atoms with E-state index in [0.29, 0.717) is 10.5 Å². The van der Waals surface area contributed by atoms with Gasteiger partial charge in [-0.1, -0.05) is 11.6 Å². The second kappa shape index (κ2) is 3.38. The number of aromatic hydroxyl groups is 1. The fourth-order valence-corrected chi connectivity index (χ4v) is 1.97. The first-order chi connectivity index (χ1) is 7.00. The van der Waals surface area contributed by atoms with E-state index in [4.69, 9.17) is 11.6 Å². The summed E-state index contributed by atoms with van der Waals surface area (Å²) >= 11 is 6.08. The van der Waals surface area contributed by atoms with Crippen molar-refractivity contribution in [3.8, 4) is 5.75 Å². The van der Waals surface area contributed by atoms with Gasteiger partial charge in [0.15, 0.2) is 0 Å². The van der Waals surface area contributed by atoms with Crippen LogP contribution in [0.2, 0.25) is 5.02 Å². The number of aromatic nitrogens is 1. The molecule has 3 heteroatoms. The van der Waals surface area contributed by atoms with Crippen molar-refractivity contribution in [3.05, 3.63) is 34.0 Å². The second-order valence-electron chi connectivity index (χ2n) is 3.81. The van der Waals surface area contributed by atoms with E-state index in [-0.39, 0.29) is 5.75 Å². The Kier molecular flexibility index (Phi) is 2.31. The van der Waals surface area contributed by atoms with Crippen molar-refractivity contribution in [2.75, 3.05) is 0 Å². The largest absolute Gasteiger partial charge is 0.507 e. The van der Waals surface area contributed by atoms with Crippen molar-refractivity contribution < 1.29 is 5.11 Å². The third-order valence-electron chi connectivity index (χ3n) is 2.64. The summed E-state index contributed by atoms with van der Waals surface area (Å²) in [6.45, 7) is 5.66. The number of nitrogens with zero attached hydrogens (tertiary/aromatic N) is 1. The zero-order chi connectivity index (χ0) is 11.2. The highest BCUT2D eigenvalue weighted by molar-refractivity contribution is 6.35. The van der Waals surface area contributed by atoms with Gasteiger partial charge in [0.25, 0.3) is 0 Å². The van der Waals surface area contributed by atoms with E-state index in [1.807, 2.05) is 32.9 Å². The number of aryl methyl sites for hydroxylation is 2.